The Morgan fingerprint density at radius 3 is 2.33 bits per heavy atom. The molecule has 2 atom stereocenters. The lowest BCUT2D eigenvalue weighted by Crippen LogP contribution is -2.51. The number of carbonyl (C=O) groups excluding carboxylic acids is 3. The molecule has 8 nitrogen and oxygen atoms in total. The molecule has 40 heavy (non-hydrogen) atoms. The van der Waals surface area contributed by atoms with E-state index in [9.17, 15) is 14.4 Å². The van der Waals surface area contributed by atoms with Crippen LogP contribution in [0.4, 0.5) is 4.79 Å². The molecule has 5 rings (SSSR count). The number of nitrogens with zero attached hydrogens (tertiary/aromatic N) is 2. The van der Waals surface area contributed by atoms with Gasteiger partial charge in [0.05, 0.1) is 23.9 Å². The fraction of sp³-hybridized carbons (Fsp3) is 0.281. The molecule has 0 aromatic heterocycles. The van der Waals surface area contributed by atoms with Gasteiger partial charge in [0.25, 0.3) is 5.91 Å². The largest absolute Gasteiger partial charge is 0.457 e. The summed E-state index contributed by atoms with van der Waals surface area (Å²) in [5, 5.41) is 6.02. The van der Waals surface area contributed by atoms with E-state index >= 15 is 0 Å². The zero-order valence-electron chi connectivity index (χ0n) is 23.0. The molecular weight excluding hydrogens is 504 g/mol. The highest BCUT2D eigenvalue weighted by molar-refractivity contribution is 6.03. The van der Waals surface area contributed by atoms with Crippen molar-refractivity contribution in [1.29, 1.82) is 0 Å². The topological polar surface area (TPSA) is 91.0 Å². The van der Waals surface area contributed by atoms with Crippen LogP contribution in [0.1, 0.15) is 37.9 Å². The molecule has 0 saturated carbocycles. The maximum atomic E-state index is 14.1. The first-order valence-corrected chi connectivity index (χ1v) is 13.6. The molecule has 0 radical (unpaired) electrons. The van der Waals surface area contributed by atoms with Crippen molar-refractivity contribution in [2.24, 2.45) is 5.92 Å². The highest BCUT2D eigenvalue weighted by Gasteiger charge is 2.47. The maximum absolute atomic E-state index is 14.1. The van der Waals surface area contributed by atoms with E-state index in [0.717, 1.165) is 11.1 Å². The summed E-state index contributed by atoms with van der Waals surface area (Å²) in [6.45, 7) is 6.70. The van der Waals surface area contributed by atoms with E-state index in [0.29, 0.717) is 35.9 Å². The van der Waals surface area contributed by atoms with Gasteiger partial charge in [-0.15, -0.1) is 0 Å². The summed E-state index contributed by atoms with van der Waals surface area (Å²) in [4.78, 5) is 43.9. The number of ether oxygens (including phenoxy) is 1. The number of hydrogen-bond donors (Lipinski definition) is 2. The Bertz CT molecular complexity index is 1420. The molecule has 8 heteroatoms. The molecule has 2 N–H and O–H groups in total. The van der Waals surface area contributed by atoms with Crippen LogP contribution < -0.4 is 15.4 Å². The third kappa shape index (κ3) is 5.43. The van der Waals surface area contributed by atoms with Crippen LogP contribution in [0.2, 0.25) is 0 Å². The van der Waals surface area contributed by atoms with Crippen molar-refractivity contribution in [2.45, 2.75) is 39.4 Å². The lowest BCUT2D eigenvalue weighted by atomic mass is 9.95. The van der Waals surface area contributed by atoms with Crippen LogP contribution in [0.15, 0.2) is 96.2 Å². The molecule has 0 saturated heterocycles. The Labute approximate surface area is 234 Å². The molecule has 206 valence electrons. The van der Waals surface area contributed by atoms with E-state index in [-0.39, 0.29) is 30.3 Å². The molecule has 0 unspecified atom stereocenters. The highest BCUT2D eigenvalue weighted by Crippen LogP contribution is 2.39. The maximum Gasteiger partial charge on any atom is 0.322 e. The van der Waals surface area contributed by atoms with Crippen LogP contribution in [-0.2, 0) is 16.1 Å². The third-order valence-electron chi connectivity index (χ3n) is 7.28. The van der Waals surface area contributed by atoms with Gasteiger partial charge in [-0.05, 0) is 48.2 Å². The van der Waals surface area contributed by atoms with Gasteiger partial charge in [0.15, 0.2) is 0 Å². The average Bonchev–Trinajstić information content (AvgIpc) is 3.28. The number of carbonyl (C=O) groups is 3. The van der Waals surface area contributed by atoms with E-state index < -0.39 is 12.1 Å². The number of nitrogens with one attached hydrogen (secondary N) is 2. The van der Waals surface area contributed by atoms with Crippen molar-refractivity contribution < 1.29 is 19.1 Å². The lowest BCUT2D eigenvalue weighted by Gasteiger charge is -2.33. The third-order valence-corrected chi connectivity index (χ3v) is 7.28. The summed E-state index contributed by atoms with van der Waals surface area (Å²) in [7, 11) is 0. The zero-order valence-corrected chi connectivity index (χ0v) is 23.0. The Balaban J connectivity index is 1.43. The van der Waals surface area contributed by atoms with Gasteiger partial charge in [-0.25, -0.2) is 4.79 Å². The molecule has 0 spiro atoms. The molecule has 0 aliphatic carbocycles. The van der Waals surface area contributed by atoms with Crippen molar-refractivity contribution in [2.75, 3.05) is 13.1 Å². The predicted octanol–water partition coefficient (Wildman–Crippen LogP) is 5.00. The quantitative estimate of drug-likeness (QED) is 0.401. The second-order valence-corrected chi connectivity index (χ2v) is 10.3. The molecule has 2 aliphatic heterocycles. The molecule has 4 amide bonds. The van der Waals surface area contributed by atoms with E-state index in [1.165, 1.54) is 0 Å². The van der Waals surface area contributed by atoms with Crippen molar-refractivity contribution in [3.05, 3.63) is 107 Å². The Morgan fingerprint density at radius 1 is 0.975 bits per heavy atom. The number of urea groups is 1. The van der Waals surface area contributed by atoms with Gasteiger partial charge in [0.1, 0.15) is 17.5 Å². The molecular formula is C32H34N4O4. The monoisotopic (exact) mass is 538 g/mol. The second-order valence-electron chi connectivity index (χ2n) is 10.3. The molecule has 2 aliphatic rings. The van der Waals surface area contributed by atoms with E-state index in [1.807, 2.05) is 106 Å². The minimum absolute atomic E-state index is 0.138. The van der Waals surface area contributed by atoms with Gasteiger partial charge in [-0.2, -0.15) is 0 Å². The van der Waals surface area contributed by atoms with Crippen LogP contribution in [-0.4, -0.2) is 46.8 Å². The Hall–Kier alpha value is -4.59. The summed E-state index contributed by atoms with van der Waals surface area (Å²) >= 11 is 0. The fourth-order valence-corrected chi connectivity index (χ4v) is 5.40. The van der Waals surface area contributed by atoms with Crippen LogP contribution in [0.5, 0.6) is 11.5 Å². The summed E-state index contributed by atoms with van der Waals surface area (Å²) in [6.07, 6.45) is 0. The molecule has 3 aromatic rings. The average molecular weight is 539 g/mol. The number of rotatable bonds is 9. The predicted molar refractivity (Wildman–Crippen MR) is 152 cm³/mol. The summed E-state index contributed by atoms with van der Waals surface area (Å²) in [6, 6.07) is 24.9. The smallest absolute Gasteiger partial charge is 0.322 e. The van der Waals surface area contributed by atoms with Gasteiger partial charge in [0, 0.05) is 13.1 Å². The first-order chi connectivity index (χ1) is 19.4. The summed E-state index contributed by atoms with van der Waals surface area (Å²) in [5.74, 6) is 0.681. The number of amides is 4. The van der Waals surface area contributed by atoms with Gasteiger partial charge in [-0.3, -0.25) is 14.5 Å². The number of benzene rings is 3. The van der Waals surface area contributed by atoms with Crippen LogP contribution in [0, 0.1) is 5.92 Å². The highest BCUT2D eigenvalue weighted by atomic mass is 16.5. The Kier molecular flexibility index (Phi) is 7.86. The number of hydrogen-bond acceptors (Lipinski definition) is 4. The second kappa shape index (κ2) is 11.7. The first-order valence-electron chi connectivity index (χ1n) is 13.6. The fourth-order valence-electron chi connectivity index (χ4n) is 5.40. The van der Waals surface area contributed by atoms with Crippen molar-refractivity contribution >= 4 is 17.8 Å². The molecule has 3 aromatic carbocycles. The molecule has 2 heterocycles. The number of para-hydroxylation sites is 1. The van der Waals surface area contributed by atoms with Crippen LogP contribution in [0.3, 0.4) is 0 Å². The van der Waals surface area contributed by atoms with E-state index in [4.69, 9.17) is 4.74 Å². The minimum Gasteiger partial charge on any atom is -0.457 e. The zero-order chi connectivity index (χ0) is 28.2. The van der Waals surface area contributed by atoms with Crippen LogP contribution in [0.25, 0.3) is 0 Å². The van der Waals surface area contributed by atoms with Gasteiger partial charge >= 0.3 is 6.03 Å². The molecule has 0 bridgehead atoms. The van der Waals surface area contributed by atoms with Crippen LogP contribution >= 0.6 is 0 Å². The van der Waals surface area contributed by atoms with Crippen molar-refractivity contribution in [1.82, 2.24) is 20.4 Å². The van der Waals surface area contributed by atoms with Crippen molar-refractivity contribution in [3.63, 3.8) is 0 Å². The van der Waals surface area contributed by atoms with Crippen molar-refractivity contribution in [3.8, 4) is 11.5 Å². The standard InChI is InChI=1S/C32H34N4O4/c1-4-35-26-20-36(29(21(2)3)30(37)33-19-22-12-7-5-8-13-22)31(38)27(26)28(34-32(35)39)23-14-11-17-25(18-23)40-24-15-9-6-10-16-24/h5-18,21,28-29H,4,19-20H2,1-3H3,(H,33,37)(H,34,39)/t28-,29+/m0/s1. The Morgan fingerprint density at radius 2 is 1.65 bits per heavy atom. The minimum atomic E-state index is -0.691. The summed E-state index contributed by atoms with van der Waals surface area (Å²) < 4.78 is 6.02. The normalized spacial score (nSPS) is 17.6. The van der Waals surface area contributed by atoms with Gasteiger partial charge in [-0.1, -0.05) is 74.5 Å². The number of likely N-dealkylation sites (N-methyl/N-ethyl adjacent to an activating group) is 1. The van der Waals surface area contributed by atoms with E-state index in [1.54, 1.807) is 9.80 Å². The van der Waals surface area contributed by atoms with Gasteiger partial charge in [0.2, 0.25) is 5.91 Å². The lowest BCUT2D eigenvalue weighted by molar-refractivity contribution is -0.138. The summed E-state index contributed by atoms with van der Waals surface area (Å²) in [5.41, 5.74) is 2.83. The SMILES string of the molecule is CCN1C(=O)N[C@@H](c2cccc(Oc3ccccc3)c2)C2=C1CN([C@@H](C(=O)NCc1ccccc1)C(C)C)C2=O. The molecule has 0 fully saturated rings. The van der Waals surface area contributed by atoms with Gasteiger partial charge < -0.3 is 20.3 Å². The first kappa shape index (κ1) is 27.0. The van der Waals surface area contributed by atoms with E-state index in [2.05, 4.69) is 10.6 Å².